The minimum absolute atomic E-state index is 0.0268. The third kappa shape index (κ3) is 4.96. The number of carboxylic acids is 1. The van der Waals surface area contributed by atoms with E-state index >= 15 is 0 Å². The summed E-state index contributed by atoms with van der Waals surface area (Å²) in [7, 11) is 1.40. The number of nitriles is 1. The van der Waals surface area contributed by atoms with Gasteiger partial charge in [-0.1, -0.05) is 11.3 Å². The van der Waals surface area contributed by atoms with Gasteiger partial charge < -0.3 is 14.6 Å². The number of hydrogen-bond donors (Lipinski definition) is 1. The largest absolute Gasteiger partial charge is 0.496 e. The van der Waals surface area contributed by atoms with Crippen LogP contribution >= 0.6 is 11.3 Å². The molecule has 0 aliphatic heterocycles. The molecule has 1 atom stereocenters. The summed E-state index contributed by atoms with van der Waals surface area (Å²) in [5.74, 6) is -1.65. The second-order valence-electron chi connectivity index (χ2n) is 9.21. The average Bonchev–Trinajstić information content (AvgIpc) is 3.53. The molecular formula is C26H26FN5O6S. The molecule has 3 heterocycles. The Morgan fingerprint density at radius 2 is 2.08 bits per heavy atom. The van der Waals surface area contributed by atoms with Crippen molar-refractivity contribution in [1.82, 2.24) is 18.9 Å². The van der Waals surface area contributed by atoms with Gasteiger partial charge in [0.2, 0.25) is 0 Å². The molecule has 4 rings (SSSR count). The first-order chi connectivity index (χ1) is 18.5. The normalized spacial score (nSPS) is 12.4. The van der Waals surface area contributed by atoms with Gasteiger partial charge in [0.25, 0.3) is 5.56 Å². The number of aromatic nitrogens is 4. The zero-order chi connectivity index (χ0) is 28.5. The van der Waals surface area contributed by atoms with E-state index in [0.29, 0.717) is 20.9 Å². The molecule has 11 nitrogen and oxygen atoms in total. The molecule has 0 aliphatic carbocycles. The van der Waals surface area contributed by atoms with Crippen molar-refractivity contribution in [2.75, 3.05) is 13.7 Å². The van der Waals surface area contributed by atoms with Crippen LogP contribution in [0.5, 0.6) is 5.75 Å². The highest BCUT2D eigenvalue weighted by molar-refractivity contribution is 7.21. The van der Waals surface area contributed by atoms with Crippen molar-refractivity contribution in [2.45, 2.75) is 45.4 Å². The van der Waals surface area contributed by atoms with Crippen LogP contribution in [0.1, 0.15) is 37.5 Å². The van der Waals surface area contributed by atoms with Crippen molar-refractivity contribution < 1.29 is 23.8 Å². The molecule has 13 heteroatoms. The molecule has 39 heavy (non-hydrogen) atoms. The van der Waals surface area contributed by atoms with Crippen LogP contribution in [0.15, 0.2) is 46.2 Å². The van der Waals surface area contributed by atoms with E-state index < -0.39 is 34.7 Å². The first-order valence-corrected chi connectivity index (χ1v) is 12.7. The Morgan fingerprint density at radius 1 is 1.33 bits per heavy atom. The number of aryl methyl sites for hydroxylation is 1. The molecule has 1 N–H and O–H groups in total. The summed E-state index contributed by atoms with van der Waals surface area (Å²) in [5.41, 5.74) is -2.73. The fourth-order valence-corrected chi connectivity index (χ4v) is 5.55. The predicted octanol–water partition coefficient (Wildman–Crippen LogP) is 3.36. The number of carboxylic acid groups (broad SMARTS) is 1. The summed E-state index contributed by atoms with van der Waals surface area (Å²) in [6.07, 6.45) is 2.30. The van der Waals surface area contributed by atoms with E-state index in [2.05, 4.69) is 5.10 Å². The second-order valence-corrected chi connectivity index (χ2v) is 10.2. The molecule has 0 spiro atoms. The predicted molar refractivity (Wildman–Crippen MR) is 141 cm³/mol. The topological polar surface area (TPSA) is 141 Å². The number of ether oxygens (including phenoxy) is 2. The summed E-state index contributed by atoms with van der Waals surface area (Å²) in [4.78, 5) is 40.0. The standard InChI is InChI=1S/C26H26FN5O6S/c1-15-20-21(33)32(26(2,3)24(34)35)25(36)30(23(20)39-22(15)31-11-6-10-29-31)14-19(38-12-5-9-28)17-13-16(27)7-8-18(17)37-4/h6-8,10-11,13,19H,5,12,14H2,1-4H3,(H,34,35)/t19-/m0/s1. The maximum absolute atomic E-state index is 14.3. The Kier molecular flexibility index (Phi) is 7.71. The van der Waals surface area contributed by atoms with Crippen LogP contribution in [0.4, 0.5) is 4.39 Å². The third-order valence-electron chi connectivity index (χ3n) is 6.40. The highest BCUT2D eigenvalue weighted by Crippen LogP contribution is 2.34. The molecule has 3 aromatic heterocycles. The lowest BCUT2D eigenvalue weighted by molar-refractivity contribution is -0.146. The molecule has 0 fully saturated rings. The maximum Gasteiger partial charge on any atom is 0.333 e. The molecule has 204 valence electrons. The van der Waals surface area contributed by atoms with Crippen LogP contribution in [0.2, 0.25) is 0 Å². The quantitative estimate of drug-likeness (QED) is 0.294. The number of hydrogen-bond acceptors (Lipinski definition) is 8. The number of fused-ring (bicyclic) bond motifs is 1. The van der Waals surface area contributed by atoms with E-state index in [1.165, 1.54) is 43.7 Å². The fourth-order valence-electron chi connectivity index (χ4n) is 4.30. The second kappa shape index (κ2) is 10.8. The van der Waals surface area contributed by atoms with Crippen LogP contribution < -0.4 is 16.0 Å². The van der Waals surface area contributed by atoms with Crippen molar-refractivity contribution in [3.05, 3.63) is 74.4 Å². The van der Waals surface area contributed by atoms with Crippen molar-refractivity contribution in [3.8, 4) is 16.8 Å². The number of aliphatic carboxylic acids is 1. The van der Waals surface area contributed by atoms with Gasteiger partial charge in [0.1, 0.15) is 33.0 Å². The number of rotatable bonds is 10. The highest BCUT2D eigenvalue weighted by Gasteiger charge is 2.36. The van der Waals surface area contributed by atoms with E-state index in [1.54, 1.807) is 30.1 Å². The molecule has 0 radical (unpaired) electrons. The van der Waals surface area contributed by atoms with E-state index in [0.717, 1.165) is 11.3 Å². The van der Waals surface area contributed by atoms with Crippen LogP contribution in [0.3, 0.4) is 0 Å². The Bertz CT molecular complexity index is 1700. The van der Waals surface area contributed by atoms with Crippen molar-refractivity contribution in [1.29, 1.82) is 5.26 Å². The van der Waals surface area contributed by atoms with Gasteiger partial charge in [0.05, 0.1) is 38.1 Å². The number of nitrogens with zero attached hydrogens (tertiary/aromatic N) is 5. The summed E-state index contributed by atoms with van der Waals surface area (Å²) >= 11 is 1.13. The van der Waals surface area contributed by atoms with Gasteiger partial charge >= 0.3 is 11.7 Å². The smallest absolute Gasteiger partial charge is 0.333 e. The lowest BCUT2D eigenvalue weighted by Gasteiger charge is -2.25. The van der Waals surface area contributed by atoms with Crippen molar-refractivity contribution in [3.63, 3.8) is 0 Å². The number of thiophene rings is 1. The fraction of sp³-hybridized carbons (Fsp3) is 0.346. The van der Waals surface area contributed by atoms with Crippen LogP contribution in [-0.2, 0) is 21.6 Å². The molecule has 0 bridgehead atoms. The molecular weight excluding hydrogens is 529 g/mol. The Morgan fingerprint density at radius 3 is 2.69 bits per heavy atom. The van der Waals surface area contributed by atoms with Crippen molar-refractivity contribution in [2.24, 2.45) is 0 Å². The first kappa shape index (κ1) is 27.7. The van der Waals surface area contributed by atoms with Gasteiger partial charge in [-0.05, 0) is 45.0 Å². The molecule has 4 aromatic rings. The van der Waals surface area contributed by atoms with E-state index in [9.17, 15) is 23.9 Å². The number of methoxy groups -OCH3 is 1. The SMILES string of the molecule is COc1ccc(F)cc1[C@H](Cn1c(=O)n(C(C)(C)C(=O)O)c(=O)c2c(C)c(-n3cccn3)sc21)OCCC#N. The Balaban J connectivity index is 2.04. The van der Waals surface area contributed by atoms with Gasteiger partial charge in [0, 0.05) is 23.5 Å². The van der Waals surface area contributed by atoms with E-state index in [4.69, 9.17) is 14.7 Å². The third-order valence-corrected chi connectivity index (χ3v) is 7.71. The van der Waals surface area contributed by atoms with Gasteiger partial charge in [0.15, 0.2) is 0 Å². The minimum atomic E-state index is -1.89. The zero-order valence-corrected chi connectivity index (χ0v) is 22.5. The molecule has 0 unspecified atom stereocenters. The molecule has 0 aliphatic rings. The monoisotopic (exact) mass is 555 g/mol. The lowest BCUT2D eigenvalue weighted by Crippen LogP contribution is -2.52. The molecule has 0 saturated carbocycles. The molecule has 0 amide bonds. The lowest BCUT2D eigenvalue weighted by atomic mass is 10.1. The van der Waals surface area contributed by atoms with E-state index in [1.807, 2.05) is 6.07 Å². The zero-order valence-electron chi connectivity index (χ0n) is 21.7. The van der Waals surface area contributed by atoms with Crippen LogP contribution in [0.25, 0.3) is 15.2 Å². The number of halogens is 1. The average molecular weight is 556 g/mol. The van der Waals surface area contributed by atoms with E-state index in [-0.39, 0.29) is 35.4 Å². The van der Waals surface area contributed by atoms with Crippen LogP contribution in [0, 0.1) is 24.1 Å². The summed E-state index contributed by atoms with van der Waals surface area (Å²) < 4.78 is 29.2. The van der Waals surface area contributed by atoms with Gasteiger partial charge in [-0.3, -0.25) is 9.36 Å². The molecule has 1 aromatic carbocycles. The van der Waals surface area contributed by atoms with Gasteiger partial charge in [-0.2, -0.15) is 10.4 Å². The number of benzene rings is 1. The number of carbonyl (C=O) groups is 1. The Labute approximate surface area is 225 Å². The first-order valence-electron chi connectivity index (χ1n) is 11.9. The summed E-state index contributed by atoms with van der Waals surface area (Å²) in [6, 6.07) is 7.53. The van der Waals surface area contributed by atoms with Gasteiger partial charge in [-0.25, -0.2) is 23.2 Å². The van der Waals surface area contributed by atoms with Gasteiger partial charge in [-0.15, -0.1) is 0 Å². The van der Waals surface area contributed by atoms with Crippen LogP contribution in [-0.4, -0.2) is 43.7 Å². The van der Waals surface area contributed by atoms with Crippen molar-refractivity contribution >= 4 is 27.5 Å². The highest BCUT2D eigenvalue weighted by atomic mass is 32.1. The molecule has 0 saturated heterocycles. The summed E-state index contributed by atoms with van der Waals surface area (Å²) in [6.45, 7) is 3.97. The minimum Gasteiger partial charge on any atom is -0.496 e. The Hall–Kier alpha value is -4.28. The summed E-state index contributed by atoms with van der Waals surface area (Å²) in [5, 5.41) is 23.9. The maximum atomic E-state index is 14.3.